The smallest absolute Gasteiger partial charge is 0.305 e. The predicted molar refractivity (Wildman–Crippen MR) is 106 cm³/mol. The summed E-state index contributed by atoms with van der Waals surface area (Å²) in [4.78, 5) is 28.2. The molecule has 6 heteroatoms. The summed E-state index contributed by atoms with van der Waals surface area (Å²) in [6.07, 6.45) is 2.88. The van der Waals surface area contributed by atoms with E-state index in [0.717, 1.165) is 23.2 Å². The molecule has 0 bridgehead atoms. The van der Waals surface area contributed by atoms with Crippen molar-refractivity contribution in [3.8, 4) is 0 Å². The minimum atomic E-state index is -0.854. The Morgan fingerprint density at radius 2 is 2.04 bits per heavy atom. The van der Waals surface area contributed by atoms with Crippen molar-refractivity contribution in [2.75, 3.05) is 11.9 Å². The number of nitrogens with zero attached hydrogens (tertiary/aromatic N) is 2. The summed E-state index contributed by atoms with van der Waals surface area (Å²) in [6, 6.07) is 15.3. The molecule has 0 amide bonds. The minimum absolute atomic E-state index is 0.0300. The Morgan fingerprint density at radius 1 is 1.22 bits per heavy atom. The molecule has 0 spiro atoms. The predicted octanol–water partition coefficient (Wildman–Crippen LogP) is 3.23. The molecule has 4 rings (SSSR count). The molecule has 3 aromatic rings. The summed E-state index contributed by atoms with van der Waals surface area (Å²) in [6.45, 7) is 0.957. The highest BCUT2D eigenvalue weighted by Crippen LogP contribution is 2.28. The summed E-state index contributed by atoms with van der Waals surface area (Å²) in [7, 11) is 0. The number of allylic oxidation sites excluding steroid dienone is 1. The van der Waals surface area contributed by atoms with Crippen LogP contribution in [0.15, 0.2) is 53.3 Å². The average molecular weight is 361 g/mol. The Balaban J connectivity index is 1.72. The molecule has 0 fully saturated rings. The molecule has 1 aromatic heterocycles. The van der Waals surface area contributed by atoms with Gasteiger partial charge >= 0.3 is 5.97 Å². The molecular weight excluding hydrogens is 342 g/mol. The largest absolute Gasteiger partial charge is 0.481 e. The van der Waals surface area contributed by atoms with Crippen LogP contribution in [0.25, 0.3) is 22.6 Å². The van der Waals surface area contributed by atoms with E-state index in [9.17, 15) is 9.59 Å². The van der Waals surface area contributed by atoms with Gasteiger partial charge in [-0.3, -0.25) is 14.2 Å². The first-order chi connectivity index (χ1) is 13.1. The molecule has 0 aliphatic carbocycles. The number of carboxylic acid groups (broad SMARTS) is 1. The zero-order valence-corrected chi connectivity index (χ0v) is 14.7. The fourth-order valence-electron chi connectivity index (χ4n) is 3.33. The molecule has 0 saturated carbocycles. The highest BCUT2D eigenvalue weighted by molar-refractivity contribution is 5.86. The third kappa shape index (κ3) is 3.46. The Morgan fingerprint density at radius 3 is 2.81 bits per heavy atom. The van der Waals surface area contributed by atoms with E-state index in [1.165, 1.54) is 0 Å². The van der Waals surface area contributed by atoms with Gasteiger partial charge in [0.15, 0.2) is 0 Å². The number of hydrogen-bond acceptors (Lipinski definition) is 4. The van der Waals surface area contributed by atoms with Crippen LogP contribution in [0.1, 0.15) is 24.2 Å². The van der Waals surface area contributed by atoms with Gasteiger partial charge in [0.25, 0.3) is 5.56 Å². The quantitative estimate of drug-likeness (QED) is 0.729. The maximum absolute atomic E-state index is 12.8. The molecule has 1 aliphatic rings. The van der Waals surface area contributed by atoms with Crippen LogP contribution in [-0.4, -0.2) is 27.2 Å². The van der Waals surface area contributed by atoms with Crippen LogP contribution in [0.5, 0.6) is 0 Å². The topological polar surface area (TPSA) is 84.2 Å². The minimum Gasteiger partial charge on any atom is -0.481 e. The maximum atomic E-state index is 12.8. The van der Waals surface area contributed by atoms with Crippen LogP contribution >= 0.6 is 0 Å². The van der Waals surface area contributed by atoms with Crippen molar-refractivity contribution in [2.24, 2.45) is 0 Å². The van der Waals surface area contributed by atoms with Gasteiger partial charge in [-0.2, -0.15) is 0 Å². The molecule has 1 aliphatic heterocycles. The summed E-state index contributed by atoms with van der Waals surface area (Å²) in [5.74, 6) is -0.146. The fraction of sp³-hybridized carbons (Fsp3) is 0.190. The lowest BCUT2D eigenvalue weighted by Crippen LogP contribution is -2.20. The fourth-order valence-corrected chi connectivity index (χ4v) is 3.33. The van der Waals surface area contributed by atoms with E-state index in [0.29, 0.717) is 29.8 Å². The van der Waals surface area contributed by atoms with E-state index in [4.69, 9.17) is 10.1 Å². The molecule has 0 radical (unpaired) electrons. The van der Waals surface area contributed by atoms with Gasteiger partial charge < -0.3 is 10.4 Å². The molecular formula is C21H19N3O3. The number of carboxylic acids is 1. The van der Waals surface area contributed by atoms with Crippen LogP contribution in [0.2, 0.25) is 0 Å². The Kier molecular flexibility index (Phi) is 4.46. The molecule has 2 N–H and O–H groups in total. The Labute approximate surface area is 155 Å². The standard InChI is InChI=1S/C21H19N3O3/c25-19(26)8-10-22-16-6-7-17-18(13-16)23-20-15(9-11-24(20)21(17)27)12-14-4-2-1-3-5-14/h1-7,12-13,22H,8-11H2,(H,25,26). The summed E-state index contributed by atoms with van der Waals surface area (Å²) >= 11 is 0. The molecule has 2 heterocycles. The van der Waals surface area contributed by atoms with E-state index >= 15 is 0 Å². The number of benzene rings is 2. The van der Waals surface area contributed by atoms with Crippen LogP contribution in [0.3, 0.4) is 0 Å². The van der Waals surface area contributed by atoms with Gasteiger partial charge in [-0.15, -0.1) is 0 Å². The van der Waals surface area contributed by atoms with Gasteiger partial charge in [-0.05, 0) is 41.8 Å². The lowest BCUT2D eigenvalue weighted by Gasteiger charge is -2.09. The van der Waals surface area contributed by atoms with E-state index in [2.05, 4.69) is 11.4 Å². The maximum Gasteiger partial charge on any atom is 0.305 e. The zero-order valence-electron chi connectivity index (χ0n) is 14.7. The van der Waals surface area contributed by atoms with Crippen molar-refractivity contribution in [1.82, 2.24) is 9.55 Å². The first-order valence-electron chi connectivity index (χ1n) is 8.88. The van der Waals surface area contributed by atoms with Crippen LogP contribution < -0.4 is 10.9 Å². The summed E-state index contributed by atoms with van der Waals surface area (Å²) in [5, 5.41) is 12.4. The number of anilines is 1. The number of fused-ring (bicyclic) bond motifs is 2. The molecule has 0 saturated heterocycles. The molecule has 27 heavy (non-hydrogen) atoms. The second-order valence-corrected chi connectivity index (χ2v) is 6.52. The zero-order chi connectivity index (χ0) is 18.8. The number of carbonyl (C=O) groups is 1. The van der Waals surface area contributed by atoms with Crippen molar-refractivity contribution in [2.45, 2.75) is 19.4 Å². The SMILES string of the molecule is O=C(O)CCNc1ccc2c(=O)n3c(nc2c1)C(=Cc1ccccc1)CC3. The number of nitrogens with one attached hydrogen (secondary N) is 1. The van der Waals surface area contributed by atoms with Gasteiger partial charge in [-0.25, -0.2) is 4.98 Å². The van der Waals surface area contributed by atoms with Crippen molar-refractivity contribution in [1.29, 1.82) is 0 Å². The summed E-state index contributed by atoms with van der Waals surface area (Å²) in [5.41, 5.74) is 3.46. The first-order valence-corrected chi connectivity index (χ1v) is 8.88. The monoisotopic (exact) mass is 361 g/mol. The van der Waals surface area contributed by atoms with Crippen molar-refractivity contribution in [3.05, 3.63) is 70.3 Å². The molecule has 0 atom stereocenters. The van der Waals surface area contributed by atoms with Gasteiger partial charge in [-0.1, -0.05) is 30.3 Å². The molecule has 2 aromatic carbocycles. The third-order valence-electron chi connectivity index (χ3n) is 4.66. The Hall–Kier alpha value is -3.41. The highest BCUT2D eigenvalue weighted by atomic mass is 16.4. The summed E-state index contributed by atoms with van der Waals surface area (Å²) < 4.78 is 1.73. The first kappa shape index (κ1) is 17.0. The number of rotatable bonds is 5. The normalized spacial score (nSPS) is 14.4. The average Bonchev–Trinajstić information content (AvgIpc) is 3.05. The van der Waals surface area contributed by atoms with Gasteiger partial charge in [0.2, 0.25) is 0 Å². The second-order valence-electron chi connectivity index (χ2n) is 6.52. The van der Waals surface area contributed by atoms with Gasteiger partial charge in [0.1, 0.15) is 5.82 Å². The van der Waals surface area contributed by atoms with Crippen LogP contribution in [-0.2, 0) is 11.3 Å². The van der Waals surface area contributed by atoms with E-state index in [1.54, 1.807) is 22.8 Å². The van der Waals surface area contributed by atoms with Crippen LogP contribution in [0, 0.1) is 0 Å². The third-order valence-corrected chi connectivity index (χ3v) is 4.66. The van der Waals surface area contributed by atoms with E-state index < -0.39 is 5.97 Å². The lowest BCUT2D eigenvalue weighted by molar-refractivity contribution is -0.136. The second kappa shape index (κ2) is 7.07. The number of hydrogen-bond donors (Lipinski definition) is 2. The van der Waals surface area contributed by atoms with E-state index in [1.807, 2.05) is 30.3 Å². The molecule has 136 valence electrons. The van der Waals surface area contributed by atoms with Crippen molar-refractivity contribution < 1.29 is 9.90 Å². The highest BCUT2D eigenvalue weighted by Gasteiger charge is 2.20. The molecule has 6 nitrogen and oxygen atoms in total. The lowest BCUT2D eigenvalue weighted by atomic mass is 10.1. The van der Waals surface area contributed by atoms with E-state index in [-0.39, 0.29) is 12.0 Å². The van der Waals surface area contributed by atoms with Crippen molar-refractivity contribution >= 4 is 34.2 Å². The number of aliphatic carboxylic acids is 1. The Bertz CT molecular complexity index is 1100. The van der Waals surface area contributed by atoms with Gasteiger partial charge in [0.05, 0.1) is 17.3 Å². The molecule has 0 unspecified atom stereocenters. The van der Waals surface area contributed by atoms with Crippen molar-refractivity contribution in [3.63, 3.8) is 0 Å². The van der Waals surface area contributed by atoms with Crippen LogP contribution in [0.4, 0.5) is 5.69 Å². The van der Waals surface area contributed by atoms with Gasteiger partial charge in [0, 0.05) is 18.8 Å². The number of aromatic nitrogens is 2.